The monoisotopic (exact) mass is 286 g/mol. The molecule has 0 radical (unpaired) electrons. The second kappa shape index (κ2) is 6.50. The lowest BCUT2D eigenvalue weighted by atomic mass is 9.78. The topological polar surface area (TPSA) is 29.3 Å². The van der Waals surface area contributed by atoms with Gasteiger partial charge in [-0.1, -0.05) is 30.3 Å². The minimum Gasteiger partial charge on any atom is -0.326 e. The Hall–Kier alpha value is -0.860. The highest BCUT2D eigenvalue weighted by atomic mass is 15.2. The number of benzene rings is 1. The van der Waals surface area contributed by atoms with Crippen molar-refractivity contribution in [2.75, 3.05) is 6.54 Å². The van der Waals surface area contributed by atoms with Crippen molar-refractivity contribution >= 4 is 0 Å². The van der Waals surface area contributed by atoms with Crippen LogP contribution in [0.3, 0.4) is 0 Å². The van der Waals surface area contributed by atoms with Gasteiger partial charge in [0.05, 0.1) is 0 Å². The lowest BCUT2D eigenvalue weighted by molar-refractivity contribution is 0.0920. The van der Waals surface area contributed by atoms with E-state index in [0.29, 0.717) is 24.0 Å². The second-order valence-electron chi connectivity index (χ2n) is 7.39. The zero-order chi connectivity index (χ0) is 14.8. The van der Waals surface area contributed by atoms with Gasteiger partial charge in [-0.25, -0.2) is 0 Å². The molecule has 0 amide bonds. The summed E-state index contributed by atoms with van der Waals surface area (Å²) in [5.41, 5.74) is 8.02. The molecule has 1 aromatic rings. The van der Waals surface area contributed by atoms with Gasteiger partial charge in [-0.3, -0.25) is 4.90 Å². The highest BCUT2D eigenvalue weighted by Gasteiger charge is 2.36. The average Bonchev–Trinajstić information content (AvgIpc) is 3.30. The first-order valence-electron chi connectivity index (χ1n) is 8.71. The second-order valence-corrected chi connectivity index (χ2v) is 7.39. The summed E-state index contributed by atoms with van der Waals surface area (Å²) in [6, 6.07) is 12.6. The number of nitrogens with zero attached hydrogens (tertiary/aromatic N) is 1. The average molecular weight is 286 g/mol. The molecule has 2 N–H and O–H groups in total. The van der Waals surface area contributed by atoms with Crippen molar-refractivity contribution in [2.45, 2.75) is 70.0 Å². The van der Waals surface area contributed by atoms with E-state index in [-0.39, 0.29) is 0 Å². The highest BCUT2D eigenvalue weighted by Crippen LogP contribution is 2.37. The van der Waals surface area contributed by atoms with Gasteiger partial charge in [0.1, 0.15) is 0 Å². The predicted molar refractivity (Wildman–Crippen MR) is 89.4 cm³/mol. The van der Waals surface area contributed by atoms with Gasteiger partial charge in [-0.05, 0) is 63.4 Å². The SMILES string of the molecule is CC(C)N(CC1CC1)C1CC(c2ccccc2)CCC1N. The number of nitrogens with two attached hydrogens (primary N) is 1. The molecule has 0 heterocycles. The first-order chi connectivity index (χ1) is 10.1. The molecule has 0 aromatic heterocycles. The molecule has 0 aliphatic heterocycles. The standard InChI is InChI=1S/C19H30N2/c1-14(2)21(13-15-8-9-15)19-12-17(10-11-18(19)20)16-6-4-3-5-7-16/h3-7,14-15,17-19H,8-13,20H2,1-2H3. The van der Waals surface area contributed by atoms with Crippen LogP contribution in [0.5, 0.6) is 0 Å². The third-order valence-electron chi connectivity index (χ3n) is 5.39. The minimum absolute atomic E-state index is 0.353. The normalized spacial score (nSPS) is 30.0. The van der Waals surface area contributed by atoms with Gasteiger partial charge in [-0.2, -0.15) is 0 Å². The molecule has 0 bridgehead atoms. The van der Waals surface area contributed by atoms with Crippen LogP contribution in [0.15, 0.2) is 30.3 Å². The van der Waals surface area contributed by atoms with Crippen LogP contribution in [0.4, 0.5) is 0 Å². The summed E-state index contributed by atoms with van der Waals surface area (Å²) in [7, 11) is 0. The van der Waals surface area contributed by atoms with E-state index in [1.807, 2.05) is 0 Å². The summed E-state index contributed by atoms with van der Waals surface area (Å²) in [5, 5.41) is 0. The Kier molecular flexibility index (Phi) is 4.66. The third-order valence-corrected chi connectivity index (χ3v) is 5.39. The summed E-state index contributed by atoms with van der Waals surface area (Å²) in [5.74, 6) is 1.63. The summed E-state index contributed by atoms with van der Waals surface area (Å²) < 4.78 is 0. The quantitative estimate of drug-likeness (QED) is 0.893. The van der Waals surface area contributed by atoms with E-state index in [2.05, 4.69) is 49.1 Å². The molecule has 21 heavy (non-hydrogen) atoms. The maximum Gasteiger partial charge on any atom is 0.0255 e. The van der Waals surface area contributed by atoms with E-state index in [4.69, 9.17) is 5.73 Å². The van der Waals surface area contributed by atoms with Crippen LogP contribution in [0.25, 0.3) is 0 Å². The van der Waals surface area contributed by atoms with Gasteiger partial charge in [-0.15, -0.1) is 0 Å². The predicted octanol–water partition coefficient (Wildman–Crippen LogP) is 3.77. The van der Waals surface area contributed by atoms with Gasteiger partial charge >= 0.3 is 0 Å². The molecule has 2 aliphatic carbocycles. The van der Waals surface area contributed by atoms with E-state index in [9.17, 15) is 0 Å². The van der Waals surface area contributed by atoms with E-state index in [1.165, 1.54) is 37.8 Å². The van der Waals surface area contributed by atoms with Crippen molar-refractivity contribution in [1.82, 2.24) is 4.90 Å². The fourth-order valence-electron chi connectivity index (χ4n) is 3.91. The lowest BCUT2D eigenvalue weighted by Gasteiger charge is -2.43. The molecule has 2 fully saturated rings. The van der Waals surface area contributed by atoms with Crippen molar-refractivity contribution in [3.05, 3.63) is 35.9 Å². The lowest BCUT2D eigenvalue weighted by Crippen LogP contribution is -2.53. The van der Waals surface area contributed by atoms with Crippen LogP contribution in [0.1, 0.15) is 57.4 Å². The van der Waals surface area contributed by atoms with Gasteiger partial charge < -0.3 is 5.73 Å². The summed E-state index contributed by atoms with van der Waals surface area (Å²) in [6.07, 6.45) is 6.49. The van der Waals surface area contributed by atoms with Crippen molar-refractivity contribution in [1.29, 1.82) is 0 Å². The van der Waals surface area contributed by atoms with Crippen LogP contribution in [-0.2, 0) is 0 Å². The van der Waals surface area contributed by atoms with E-state index in [1.54, 1.807) is 0 Å². The Bertz CT molecular complexity index is 438. The first-order valence-corrected chi connectivity index (χ1v) is 8.71. The van der Waals surface area contributed by atoms with Gasteiger partial charge in [0.2, 0.25) is 0 Å². The number of hydrogen-bond acceptors (Lipinski definition) is 2. The number of rotatable bonds is 5. The van der Waals surface area contributed by atoms with Crippen molar-refractivity contribution in [3.63, 3.8) is 0 Å². The molecule has 2 saturated carbocycles. The molecule has 2 aliphatic rings. The fraction of sp³-hybridized carbons (Fsp3) is 0.684. The molecule has 0 spiro atoms. The molecule has 3 unspecified atom stereocenters. The smallest absolute Gasteiger partial charge is 0.0255 e. The molecule has 0 saturated heterocycles. The van der Waals surface area contributed by atoms with Crippen molar-refractivity contribution in [2.24, 2.45) is 11.7 Å². The van der Waals surface area contributed by atoms with Crippen LogP contribution in [0, 0.1) is 5.92 Å². The molecule has 1 aromatic carbocycles. The molecule has 116 valence electrons. The zero-order valence-corrected chi connectivity index (χ0v) is 13.5. The maximum atomic E-state index is 6.51. The molecular formula is C19H30N2. The van der Waals surface area contributed by atoms with Crippen LogP contribution < -0.4 is 5.73 Å². The van der Waals surface area contributed by atoms with Crippen LogP contribution in [0.2, 0.25) is 0 Å². The Morgan fingerprint density at radius 1 is 1.10 bits per heavy atom. The van der Waals surface area contributed by atoms with Crippen LogP contribution >= 0.6 is 0 Å². The largest absolute Gasteiger partial charge is 0.326 e. The Labute approximate surface area is 129 Å². The summed E-state index contributed by atoms with van der Waals surface area (Å²) in [4.78, 5) is 2.71. The Balaban J connectivity index is 1.72. The van der Waals surface area contributed by atoms with E-state index < -0.39 is 0 Å². The van der Waals surface area contributed by atoms with Crippen LogP contribution in [-0.4, -0.2) is 29.6 Å². The minimum atomic E-state index is 0.353. The van der Waals surface area contributed by atoms with E-state index in [0.717, 1.165) is 12.3 Å². The van der Waals surface area contributed by atoms with Gasteiger partial charge in [0.25, 0.3) is 0 Å². The van der Waals surface area contributed by atoms with Crippen molar-refractivity contribution < 1.29 is 0 Å². The Morgan fingerprint density at radius 3 is 2.43 bits per heavy atom. The van der Waals surface area contributed by atoms with Gasteiger partial charge in [0.15, 0.2) is 0 Å². The third kappa shape index (κ3) is 3.67. The Morgan fingerprint density at radius 2 is 1.81 bits per heavy atom. The molecule has 2 heteroatoms. The molecular weight excluding hydrogens is 256 g/mol. The molecule has 3 atom stereocenters. The summed E-state index contributed by atoms with van der Waals surface area (Å²) >= 11 is 0. The molecule has 2 nitrogen and oxygen atoms in total. The number of hydrogen-bond donors (Lipinski definition) is 1. The zero-order valence-electron chi connectivity index (χ0n) is 13.5. The van der Waals surface area contributed by atoms with Gasteiger partial charge in [0, 0.05) is 24.7 Å². The molecule has 3 rings (SSSR count). The van der Waals surface area contributed by atoms with Crippen molar-refractivity contribution in [3.8, 4) is 0 Å². The first kappa shape index (κ1) is 15.1. The fourth-order valence-corrected chi connectivity index (χ4v) is 3.91. The highest BCUT2D eigenvalue weighted by molar-refractivity contribution is 5.21. The van der Waals surface area contributed by atoms with E-state index >= 15 is 0 Å². The summed E-state index contributed by atoms with van der Waals surface area (Å²) in [6.45, 7) is 5.93. The maximum absolute atomic E-state index is 6.51.